The van der Waals surface area contributed by atoms with Crippen LogP contribution in [0.25, 0.3) is 0 Å². The molecule has 15 heavy (non-hydrogen) atoms. The minimum absolute atomic E-state index is 0.298. The Balaban J connectivity index is 2.41. The van der Waals surface area contributed by atoms with Gasteiger partial charge in [0.15, 0.2) is 5.79 Å². The Kier molecular flexibility index (Phi) is 5.58. The maximum absolute atomic E-state index is 5.77. The summed E-state index contributed by atoms with van der Waals surface area (Å²) >= 11 is 0. The molecule has 0 aromatic rings. The minimum atomic E-state index is -0.298. The van der Waals surface area contributed by atoms with Crippen LogP contribution >= 0.6 is 0 Å². The Morgan fingerprint density at radius 2 is 1.60 bits per heavy atom. The number of hydrogen-bond donors (Lipinski definition) is 0. The summed E-state index contributed by atoms with van der Waals surface area (Å²) in [4.78, 5) is 0. The molecular formula is C12H24O3. The summed E-state index contributed by atoms with van der Waals surface area (Å²) in [5.41, 5.74) is 0. The van der Waals surface area contributed by atoms with Crippen LogP contribution in [0.2, 0.25) is 0 Å². The molecular weight excluding hydrogens is 192 g/mol. The minimum Gasteiger partial charge on any atom is -0.384 e. The van der Waals surface area contributed by atoms with Gasteiger partial charge in [0.05, 0.1) is 0 Å². The summed E-state index contributed by atoms with van der Waals surface area (Å²) in [6.45, 7) is 6.39. The molecule has 3 nitrogen and oxygen atoms in total. The van der Waals surface area contributed by atoms with Crippen LogP contribution in [0.15, 0.2) is 0 Å². The Bertz CT molecular complexity index is 154. The zero-order valence-corrected chi connectivity index (χ0v) is 10.3. The lowest BCUT2D eigenvalue weighted by atomic mass is 9.85. The fourth-order valence-electron chi connectivity index (χ4n) is 2.38. The first-order valence-corrected chi connectivity index (χ1v) is 6.03. The predicted octanol–water partition coefficient (Wildman–Crippen LogP) is 2.59. The molecule has 0 radical (unpaired) electrons. The van der Waals surface area contributed by atoms with Gasteiger partial charge in [-0.15, -0.1) is 0 Å². The van der Waals surface area contributed by atoms with E-state index in [1.54, 1.807) is 7.11 Å². The molecule has 1 fully saturated rings. The highest BCUT2D eigenvalue weighted by Gasteiger charge is 2.36. The highest BCUT2D eigenvalue weighted by atomic mass is 16.7. The van der Waals surface area contributed by atoms with Crippen molar-refractivity contribution in [1.29, 1.82) is 0 Å². The normalized spacial score (nSPS) is 21.8. The van der Waals surface area contributed by atoms with Gasteiger partial charge in [-0.05, 0) is 32.6 Å². The van der Waals surface area contributed by atoms with Crippen LogP contribution in [0.1, 0.15) is 39.5 Å². The Labute approximate surface area is 93.1 Å². The van der Waals surface area contributed by atoms with Crippen molar-refractivity contribution in [2.75, 3.05) is 26.9 Å². The molecule has 1 aliphatic rings. The van der Waals surface area contributed by atoms with Gasteiger partial charge >= 0.3 is 0 Å². The second kappa shape index (κ2) is 6.46. The summed E-state index contributed by atoms with van der Waals surface area (Å²) in [7, 11) is 1.77. The molecule has 0 bridgehead atoms. The van der Waals surface area contributed by atoms with E-state index < -0.39 is 0 Å². The van der Waals surface area contributed by atoms with Crippen molar-refractivity contribution in [3.63, 3.8) is 0 Å². The molecule has 0 unspecified atom stereocenters. The maximum Gasteiger partial charge on any atom is 0.168 e. The van der Waals surface area contributed by atoms with E-state index in [0.29, 0.717) is 5.92 Å². The standard InChI is InChI=1S/C12H24O3/c1-4-14-12(15-5-2)8-6-11(7-9-12)10-13-3/h11H,4-10H2,1-3H3. The van der Waals surface area contributed by atoms with Gasteiger partial charge in [-0.3, -0.25) is 0 Å². The van der Waals surface area contributed by atoms with Gasteiger partial charge < -0.3 is 14.2 Å². The van der Waals surface area contributed by atoms with Crippen molar-refractivity contribution in [3.8, 4) is 0 Å². The second-order valence-electron chi connectivity index (χ2n) is 4.18. The van der Waals surface area contributed by atoms with Crippen LogP contribution in [-0.4, -0.2) is 32.7 Å². The van der Waals surface area contributed by atoms with E-state index in [-0.39, 0.29) is 5.79 Å². The van der Waals surface area contributed by atoms with Gasteiger partial charge in [-0.1, -0.05) is 0 Å². The molecule has 0 heterocycles. The fourth-order valence-corrected chi connectivity index (χ4v) is 2.38. The largest absolute Gasteiger partial charge is 0.384 e. The topological polar surface area (TPSA) is 27.7 Å². The van der Waals surface area contributed by atoms with Gasteiger partial charge in [-0.25, -0.2) is 0 Å². The van der Waals surface area contributed by atoms with Crippen LogP contribution in [0.4, 0.5) is 0 Å². The molecule has 0 aliphatic heterocycles. The van der Waals surface area contributed by atoms with Crippen molar-refractivity contribution in [3.05, 3.63) is 0 Å². The number of ether oxygens (including phenoxy) is 3. The van der Waals surface area contributed by atoms with Gasteiger partial charge in [0, 0.05) is 39.8 Å². The molecule has 3 heteroatoms. The van der Waals surface area contributed by atoms with Crippen molar-refractivity contribution in [1.82, 2.24) is 0 Å². The van der Waals surface area contributed by atoms with Crippen LogP contribution < -0.4 is 0 Å². The maximum atomic E-state index is 5.77. The Morgan fingerprint density at radius 1 is 1.07 bits per heavy atom. The van der Waals surface area contributed by atoms with Gasteiger partial charge in [0.25, 0.3) is 0 Å². The second-order valence-corrected chi connectivity index (χ2v) is 4.18. The van der Waals surface area contributed by atoms with Crippen molar-refractivity contribution in [2.45, 2.75) is 45.3 Å². The van der Waals surface area contributed by atoms with E-state index in [1.165, 1.54) is 0 Å². The highest BCUT2D eigenvalue weighted by Crippen LogP contribution is 2.35. The average Bonchev–Trinajstić information content (AvgIpc) is 2.23. The molecule has 1 rings (SSSR count). The lowest BCUT2D eigenvalue weighted by Crippen LogP contribution is -2.40. The highest BCUT2D eigenvalue weighted by molar-refractivity contribution is 4.79. The van der Waals surface area contributed by atoms with Crippen molar-refractivity contribution in [2.24, 2.45) is 5.92 Å². The fraction of sp³-hybridized carbons (Fsp3) is 1.00. The van der Waals surface area contributed by atoms with Gasteiger partial charge in [0.2, 0.25) is 0 Å². The van der Waals surface area contributed by atoms with Crippen LogP contribution in [0.5, 0.6) is 0 Å². The van der Waals surface area contributed by atoms with Crippen LogP contribution in [0.3, 0.4) is 0 Å². The SMILES string of the molecule is CCOC1(OCC)CCC(COC)CC1. The van der Waals surface area contributed by atoms with Gasteiger partial charge in [0.1, 0.15) is 0 Å². The molecule has 0 amide bonds. The first-order valence-electron chi connectivity index (χ1n) is 6.03. The van der Waals surface area contributed by atoms with E-state index in [0.717, 1.165) is 45.5 Å². The van der Waals surface area contributed by atoms with E-state index >= 15 is 0 Å². The smallest absolute Gasteiger partial charge is 0.168 e. The third-order valence-corrected chi connectivity index (χ3v) is 3.08. The number of hydrogen-bond acceptors (Lipinski definition) is 3. The van der Waals surface area contributed by atoms with Crippen molar-refractivity contribution >= 4 is 0 Å². The molecule has 0 N–H and O–H groups in total. The van der Waals surface area contributed by atoms with Gasteiger partial charge in [-0.2, -0.15) is 0 Å². The summed E-state index contributed by atoms with van der Waals surface area (Å²) in [6, 6.07) is 0. The van der Waals surface area contributed by atoms with E-state index in [2.05, 4.69) is 0 Å². The first kappa shape index (κ1) is 12.9. The number of rotatable bonds is 6. The summed E-state index contributed by atoms with van der Waals surface area (Å²) in [5.74, 6) is 0.386. The summed E-state index contributed by atoms with van der Waals surface area (Å²) in [6.07, 6.45) is 4.30. The van der Waals surface area contributed by atoms with Crippen LogP contribution in [-0.2, 0) is 14.2 Å². The molecule has 0 aromatic heterocycles. The lowest BCUT2D eigenvalue weighted by molar-refractivity contribution is -0.252. The summed E-state index contributed by atoms with van der Waals surface area (Å²) < 4.78 is 16.7. The average molecular weight is 216 g/mol. The third kappa shape index (κ3) is 3.74. The molecule has 90 valence electrons. The monoisotopic (exact) mass is 216 g/mol. The molecule has 1 saturated carbocycles. The first-order chi connectivity index (χ1) is 7.26. The Hall–Kier alpha value is -0.120. The van der Waals surface area contributed by atoms with E-state index in [9.17, 15) is 0 Å². The molecule has 1 aliphatic carbocycles. The zero-order valence-electron chi connectivity index (χ0n) is 10.3. The Morgan fingerprint density at radius 3 is 2.00 bits per heavy atom. The van der Waals surface area contributed by atoms with E-state index in [4.69, 9.17) is 14.2 Å². The molecule has 0 spiro atoms. The third-order valence-electron chi connectivity index (χ3n) is 3.08. The zero-order chi connectivity index (χ0) is 11.1. The molecule has 0 saturated heterocycles. The van der Waals surface area contributed by atoms with Crippen molar-refractivity contribution < 1.29 is 14.2 Å². The predicted molar refractivity (Wildman–Crippen MR) is 59.8 cm³/mol. The number of methoxy groups -OCH3 is 1. The summed E-state index contributed by atoms with van der Waals surface area (Å²) in [5, 5.41) is 0. The van der Waals surface area contributed by atoms with Crippen LogP contribution in [0, 0.1) is 5.92 Å². The molecule has 0 aromatic carbocycles. The lowest BCUT2D eigenvalue weighted by Gasteiger charge is -2.39. The molecule has 0 atom stereocenters. The quantitative estimate of drug-likeness (QED) is 0.639. The van der Waals surface area contributed by atoms with E-state index in [1.807, 2.05) is 13.8 Å².